The van der Waals surface area contributed by atoms with Crippen molar-refractivity contribution < 1.29 is 15.3 Å². The molecular weight excluding hydrogens is 192 g/mol. The second kappa shape index (κ2) is 6.30. The van der Waals surface area contributed by atoms with E-state index in [0.717, 1.165) is 37.7 Å². The number of rotatable bonds is 6. The first kappa shape index (κ1) is 11.9. The molecule has 3 heteroatoms. The molecule has 1 aromatic carbocycles. The molecular formula is C12H18O3. The predicted molar refractivity (Wildman–Crippen MR) is 59.0 cm³/mol. The third-order valence-corrected chi connectivity index (χ3v) is 2.45. The number of unbranched alkanes of at least 4 members (excludes halogenated alkanes) is 3. The van der Waals surface area contributed by atoms with Crippen molar-refractivity contribution in [3.8, 4) is 11.5 Å². The molecule has 1 rings (SSSR count). The van der Waals surface area contributed by atoms with Crippen molar-refractivity contribution in [3.05, 3.63) is 23.8 Å². The van der Waals surface area contributed by atoms with Crippen LogP contribution in [0, 0.1) is 0 Å². The van der Waals surface area contributed by atoms with Gasteiger partial charge in [0.25, 0.3) is 0 Å². The van der Waals surface area contributed by atoms with Gasteiger partial charge in [-0.3, -0.25) is 0 Å². The van der Waals surface area contributed by atoms with Crippen molar-refractivity contribution in [2.75, 3.05) is 6.61 Å². The number of hydrogen-bond donors (Lipinski definition) is 3. The summed E-state index contributed by atoms with van der Waals surface area (Å²) in [6, 6.07) is 5.03. The van der Waals surface area contributed by atoms with Gasteiger partial charge in [0.2, 0.25) is 0 Å². The number of aliphatic hydroxyl groups excluding tert-OH is 1. The van der Waals surface area contributed by atoms with Crippen LogP contribution in [0.3, 0.4) is 0 Å². The smallest absolute Gasteiger partial charge is 0.160 e. The highest BCUT2D eigenvalue weighted by Crippen LogP contribution is 2.29. The molecule has 0 fully saturated rings. The molecule has 3 N–H and O–H groups in total. The average molecular weight is 210 g/mol. The van der Waals surface area contributed by atoms with Gasteiger partial charge in [-0.2, -0.15) is 0 Å². The molecule has 0 saturated heterocycles. The van der Waals surface area contributed by atoms with E-state index in [9.17, 15) is 10.2 Å². The largest absolute Gasteiger partial charge is 0.504 e. The monoisotopic (exact) mass is 210 g/mol. The molecule has 0 unspecified atom stereocenters. The molecule has 0 amide bonds. The fourth-order valence-electron chi connectivity index (χ4n) is 1.56. The minimum absolute atomic E-state index is 0.000316. The Morgan fingerprint density at radius 1 is 0.933 bits per heavy atom. The molecule has 0 spiro atoms. The Morgan fingerprint density at radius 2 is 1.67 bits per heavy atom. The zero-order chi connectivity index (χ0) is 11.1. The van der Waals surface area contributed by atoms with Crippen LogP contribution in [0.1, 0.15) is 31.2 Å². The summed E-state index contributed by atoms with van der Waals surface area (Å²) in [5, 5.41) is 27.4. The lowest BCUT2D eigenvalue weighted by atomic mass is 10.0. The van der Waals surface area contributed by atoms with Crippen LogP contribution in [0.15, 0.2) is 18.2 Å². The van der Waals surface area contributed by atoms with Crippen molar-refractivity contribution in [1.29, 1.82) is 0 Å². The lowest BCUT2D eigenvalue weighted by Crippen LogP contribution is -1.88. The standard InChI is InChI=1S/C12H18O3/c13-9-4-2-1-3-6-10-7-5-8-11(14)12(10)15/h5,7-8,13-15H,1-4,6,9H2. The fourth-order valence-corrected chi connectivity index (χ4v) is 1.56. The van der Waals surface area contributed by atoms with Crippen molar-refractivity contribution in [3.63, 3.8) is 0 Å². The summed E-state index contributed by atoms with van der Waals surface area (Å²) in [6.45, 7) is 0.247. The summed E-state index contributed by atoms with van der Waals surface area (Å²) >= 11 is 0. The molecule has 0 heterocycles. The Labute approximate surface area is 90.0 Å². The first-order chi connectivity index (χ1) is 7.25. The van der Waals surface area contributed by atoms with Gasteiger partial charge in [-0.15, -0.1) is 0 Å². The minimum atomic E-state index is -0.0529. The fraction of sp³-hybridized carbons (Fsp3) is 0.500. The second-order valence-electron chi connectivity index (χ2n) is 3.67. The molecule has 0 aliphatic carbocycles. The summed E-state index contributed by atoms with van der Waals surface area (Å²) in [5.74, 6) is -0.0532. The predicted octanol–water partition coefficient (Wildman–Crippen LogP) is 2.19. The SMILES string of the molecule is OCCCCCCc1cccc(O)c1O. The van der Waals surface area contributed by atoms with Crippen LogP contribution in [0.2, 0.25) is 0 Å². The van der Waals surface area contributed by atoms with E-state index in [0.29, 0.717) is 0 Å². The van der Waals surface area contributed by atoms with E-state index in [2.05, 4.69) is 0 Å². The third-order valence-electron chi connectivity index (χ3n) is 2.45. The van der Waals surface area contributed by atoms with Gasteiger partial charge in [0.05, 0.1) is 0 Å². The lowest BCUT2D eigenvalue weighted by molar-refractivity contribution is 0.282. The van der Waals surface area contributed by atoms with Crippen molar-refractivity contribution >= 4 is 0 Å². The molecule has 0 atom stereocenters. The number of hydrogen-bond acceptors (Lipinski definition) is 3. The second-order valence-corrected chi connectivity index (χ2v) is 3.67. The van der Waals surface area contributed by atoms with Crippen LogP contribution in [-0.2, 0) is 6.42 Å². The van der Waals surface area contributed by atoms with E-state index < -0.39 is 0 Å². The summed E-state index contributed by atoms with van der Waals surface area (Å²) in [5.41, 5.74) is 0.791. The molecule has 0 saturated carbocycles. The van der Waals surface area contributed by atoms with E-state index in [-0.39, 0.29) is 18.1 Å². The molecule has 15 heavy (non-hydrogen) atoms. The van der Waals surface area contributed by atoms with Crippen LogP contribution in [0.25, 0.3) is 0 Å². The maximum Gasteiger partial charge on any atom is 0.160 e. The van der Waals surface area contributed by atoms with Gasteiger partial charge >= 0.3 is 0 Å². The zero-order valence-corrected chi connectivity index (χ0v) is 8.82. The highest BCUT2D eigenvalue weighted by molar-refractivity contribution is 5.44. The van der Waals surface area contributed by atoms with Crippen LogP contribution in [0.4, 0.5) is 0 Å². The molecule has 0 aliphatic rings. The van der Waals surface area contributed by atoms with Gasteiger partial charge < -0.3 is 15.3 Å². The summed E-state index contributed by atoms with van der Waals surface area (Å²) in [6.07, 6.45) is 4.63. The Balaban J connectivity index is 2.34. The Kier molecular flexibility index (Phi) is 4.98. The number of para-hydroxylation sites is 1. The Morgan fingerprint density at radius 3 is 2.40 bits per heavy atom. The Bertz CT molecular complexity index is 297. The van der Waals surface area contributed by atoms with Crippen LogP contribution >= 0.6 is 0 Å². The van der Waals surface area contributed by atoms with E-state index >= 15 is 0 Å². The summed E-state index contributed by atoms with van der Waals surface area (Å²) in [4.78, 5) is 0. The molecule has 0 radical (unpaired) electrons. The maximum absolute atomic E-state index is 9.51. The van der Waals surface area contributed by atoms with E-state index in [1.807, 2.05) is 6.07 Å². The van der Waals surface area contributed by atoms with Crippen LogP contribution < -0.4 is 0 Å². The van der Waals surface area contributed by atoms with Gasteiger partial charge in [-0.1, -0.05) is 25.0 Å². The zero-order valence-electron chi connectivity index (χ0n) is 8.82. The summed E-state index contributed by atoms with van der Waals surface area (Å²) < 4.78 is 0. The quantitative estimate of drug-likeness (QED) is 0.498. The van der Waals surface area contributed by atoms with Gasteiger partial charge in [0.1, 0.15) is 0 Å². The van der Waals surface area contributed by atoms with Crippen LogP contribution in [-0.4, -0.2) is 21.9 Å². The van der Waals surface area contributed by atoms with Gasteiger partial charge in [0.15, 0.2) is 11.5 Å². The number of aliphatic hydroxyl groups is 1. The van der Waals surface area contributed by atoms with Crippen LogP contribution in [0.5, 0.6) is 11.5 Å². The number of aryl methyl sites for hydroxylation is 1. The van der Waals surface area contributed by atoms with E-state index in [1.165, 1.54) is 6.07 Å². The number of aromatic hydroxyl groups is 2. The average Bonchev–Trinajstić information content (AvgIpc) is 2.24. The number of phenolic OH excluding ortho intramolecular Hbond substituents is 2. The topological polar surface area (TPSA) is 60.7 Å². The Hall–Kier alpha value is -1.22. The van der Waals surface area contributed by atoms with Gasteiger partial charge in [-0.25, -0.2) is 0 Å². The molecule has 0 bridgehead atoms. The van der Waals surface area contributed by atoms with E-state index in [4.69, 9.17) is 5.11 Å². The van der Waals surface area contributed by atoms with Crippen molar-refractivity contribution in [2.45, 2.75) is 32.1 Å². The van der Waals surface area contributed by atoms with Gasteiger partial charge in [-0.05, 0) is 30.9 Å². The molecule has 3 nitrogen and oxygen atoms in total. The highest BCUT2D eigenvalue weighted by Gasteiger charge is 2.04. The first-order valence-electron chi connectivity index (χ1n) is 5.36. The number of phenols is 2. The summed E-state index contributed by atoms with van der Waals surface area (Å²) in [7, 11) is 0. The third kappa shape index (κ3) is 3.80. The first-order valence-corrected chi connectivity index (χ1v) is 5.36. The molecule has 84 valence electrons. The molecule has 0 aliphatic heterocycles. The van der Waals surface area contributed by atoms with Crippen molar-refractivity contribution in [1.82, 2.24) is 0 Å². The maximum atomic E-state index is 9.51. The minimum Gasteiger partial charge on any atom is -0.504 e. The number of benzene rings is 1. The molecule has 1 aromatic rings. The lowest BCUT2D eigenvalue weighted by Gasteiger charge is -2.05. The highest BCUT2D eigenvalue weighted by atomic mass is 16.3. The normalized spacial score (nSPS) is 10.5. The van der Waals surface area contributed by atoms with Gasteiger partial charge in [0, 0.05) is 6.61 Å². The van der Waals surface area contributed by atoms with Crippen molar-refractivity contribution in [2.24, 2.45) is 0 Å². The molecule has 0 aromatic heterocycles. The van der Waals surface area contributed by atoms with E-state index in [1.54, 1.807) is 6.07 Å².